The van der Waals surface area contributed by atoms with E-state index in [2.05, 4.69) is 10.3 Å². The summed E-state index contributed by atoms with van der Waals surface area (Å²) in [6.45, 7) is 0.616. The lowest BCUT2D eigenvalue weighted by atomic mass is 9.79. The van der Waals surface area contributed by atoms with Crippen LogP contribution in [0.4, 0.5) is 0 Å². The number of halogens is 1. The van der Waals surface area contributed by atoms with Crippen LogP contribution in [-0.2, 0) is 15.1 Å². The number of nitrogens with one attached hydrogen (secondary N) is 1. The number of carbonyl (C=O) groups is 2. The van der Waals surface area contributed by atoms with E-state index in [-0.39, 0.29) is 18.1 Å². The smallest absolute Gasteiger partial charge is 0.242 e. The molecule has 1 aliphatic carbocycles. The number of aromatic nitrogens is 1. The van der Waals surface area contributed by atoms with Crippen molar-refractivity contribution in [3.63, 3.8) is 0 Å². The zero-order valence-electron chi connectivity index (χ0n) is 19.2. The second kappa shape index (κ2) is 10.7. The van der Waals surface area contributed by atoms with Gasteiger partial charge in [-0.2, -0.15) is 11.3 Å². The van der Waals surface area contributed by atoms with E-state index in [4.69, 9.17) is 16.3 Å². The summed E-state index contributed by atoms with van der Waals surface area (Å²) >= 11 is 9.02. The van der Waals surface area contributed by atoms with E-state index < -0.39 is 10.8 Å². The zero-order valence-corrected chi connectivity index (χ0v) is 21.6. The summed E-state index contributed by atoms with van der Waals surface area (Å²) in [7, 11) is 0. The van der Waals surface area contributed by atoms with Crippen LogP contribution in [0.15, 0.2) is 64.3 Å². The number of thiophene rings is 1. The van der Waals surface area contributed by atoms with Gasteiger partial charge in [0.25, 0.3) is 0 Å². The number of carbonyl (C=O) groups excluding carboxylic acids is 2. The van der Waals surface area contributed by atoms with Crippen LogP contribution in [0, 0.1) is 5.92 Å². The highest BCUT2D eigenvalue weighted by Crippen LogP contribution is 2.43. The molecule has 0 spiro atoms. The van der Waals surface area contributed by atoms with Crippen molar-refractivity contribution >= 4 is 46.4 Å². The SMILES string of the molecule is O=C1CC(c2ccsc2)(c2ncccc2OCC2CCCCC2)NC(=O)C1Sc1ccccc1Cl. The van der Waals surface area contributed by atoms with Crippen LogP contribution in [0.5, 0.6) is 5.75 Å². The van der Waals surface area contributed by atoms with E-state index in [1.54, 1.807) is 12.3 Å². The topological polar surface area (TPSA) is 68.3 Å². The van der Waals surface area contributed by atoms with Gasteiger partial charge in [0.15, 0.2) is 5.78 Å². The molecular formula is C27H27ClN2O3S2. The quantitative estimate of drug-likeness (QED) is 0.368. The minimum absolute atomic E-state index is 0.0917. The molecule has 8 heteroatoms. The summed E-state index contributed by atoms with van der Waals surface area (Å²) in [5.41, 5.74) is 0.346. The van der Waals surface area contributed by atoms with Gasteiger partial charge in [-0.1, -0.05) is 43.0 Å². The van der Waals surface area contributed by atoms with Crippen molar-refractivity contribution in [1.29, 1.82) is 0 Å². The van der Waals surface area contributed by atoms with E-state index in [1.165, 1.54) is 55.2 Å². The van der Waals surface area contributed by atoms with E-state index >= 15 is 0 Å². The Morgan fingerprint density at radius 1 is 1.11 bits per heavy atom. The van der Waals surface area contributed by atoms with Crippen LogP contribution >= 0.6 is 34.7 Å². The van der Waals surface area contributed by atoms with E-state index in [1.807, 2.05) is 47.2 Å². The van der Waals surface area contributed by atoms with Crippen molar-refractivity contribution in [2.75, 3.05) is 6.61 Å². The number of pyridine rings is 1. The van der Waals surface area contributed by atoms with Crippen molar-refractivity contribution in [3.8, 4) is 5.75 Å². The van der Waals surface area contributed by atoms with Crippen molar-refractivity contribution < 1.29 is 14.3 Å². The highest BCUT2D eigenvalue weighted by atomic mass is 35.5. The molecule has 1 saturated heterocycles. The molecule has 1 aromatic carbocycles. The number of piperidine rings is 1. The fourth-order valence-corrected chi connectivity index (χ4v) is 6.93. The van der Waals surface area contributed by atoms with Crippen LogP contribution in [0.25, 0.3) is 0 Å². The Kier molecular flexibility index (Phi) is 7.46. The number of Topliss-reactive ketones (excluding diaryl/α,β-unsaturated/α-hetero) is 1. The monoisotopic (exact) mass is 526 g/mol. The summed E-state index contributed by atoms with van der Waals surface area (Å²) in [5.74, 6) is 0.637. The number of benzene rings is 1. The Bertz CT molecular complexity index is 1180. The Morgan fingerprint density at radius 3 is 2.69 bits per heavy atom. The lowest BCUT2D eigenvalue weighted by Crippen LogP contribution is -2.58. The number of ether oxygens (including phenoxy) is 1. The Hall–Kier alpha value is -2.35. The number of rotatable bonds is 7. The first-order chi connectivity index (χ1) is 17.1. The molecule has 2 aliphatic rings. The molecule has 5 rings (SSSR count). The Labute approximate surface area is 218 Å². The highest BCUT2D eigenvalue weighted by molar-refractivity contribution is 8.01. The zero-order chi connectivity index (χ0) is 24.3. The van der Waals surface area contributed by atoms with E-state index in [0.717, 1.165) is 5.56 Å². The highest BCUT2D eigenvalue weighted by Gasteiger charge is 2.50. The standard InChI is InChI=1S/C27H27ClN2O3S2/c28-20-9-4-5-11-23(20)35-24-21(31)15-27(30-26(24)32,19-12-14-34-17-19)25-22(10-6-13-29-25)33-16-18-7-2-1-3-8-18/h4-6,9-14,17-18,24H,1-3,7-8,15-16H2,(H,30,32). The molecule has 1 aliphatic heterocycles. The summed E-state index contributed by atoms with van der Waals surface area (Å²) in [4.78, 5) is 32.4. The number of hydrogen-bond donors (Lipinski definition) is 1. The first-order valence-electron chi connectivity index (χ1n) is 11.9. The maximum atomic E-state index is 13.5. The Morgan fingerprint density at radius 2 is 1.94 bits per heavy atom. The fourth-order valence-electron chi connectivity index (χ4n) is 4.96. The minimum Gasteiger partial charge on any atom is -0.491 e. The summed E-state index contributed by atoms with van der Waals surface area (Å²) in [6.07, 6.45) is 7.89. The first kappa shape index (κ1) is 24.3. The first-order valence-corrected chi connectivity index (χ1v) is 14.1. The second-order valence-corrected chi connectivity index (χ2v) is 11.5. The molecule has 5 nitrogen and oxygen atoms in total. The molecule has 2 unspecified atom stereocenters. The molecule has 2 fully saturated rings. The van der Waals surface area contributed by atoms with Crippen molar-refractivity contribution in [2.45, 2.75) is 54.2 Å². The van der Waals surface area contributed by atoms with Crippen molar-refractivity contribution in [2.24, 2.45) is 5.92 Å². The molecule has 0 radical (unpaired) electrons. The predicted molar refractivity (Wildman–Crippen MR) is 140 cm³/mol. The van der Waals surface area contributed by atoms with Gasteiger partial charge in [0.2, 0.25) is 5.91 Å². The van der Waals surface area contributed by atoms with Gasteiger partial charge in [-0.15, -0.1) is 11.8 Å². The number of thioether (sulfide) groups is 1. The lowest BCUT2D eigenvalue weighted by molar-refractivity contribution is -0.133. The van der Waals surface area contributed by atoms with Crippen LogP contribution < -0.4 is 10.1 Å². The normalized spacial score (nSPS) is 23.2. The summed E-state index contributed by atoms with van der Waals surface area (Å²) in [6, 6.07) is 12.9. The van der Waals surface area contributed by atoms with Crippen molar-refractivity contribution in [3.05, 3.63) is 75.7 Å². The third kappa shape index (κ3) is 5.13. The maximum absolute atomic E-state index is 13.5. The average Bonchev–Trinajstić information content (AvgIpc) is 3.42. The largest absolute Gasteiger partial charge is 0.491 e. The molecule has 1 amide bonds. The molecule has 2 aromatic heterocycles. The van der Waals surface area contributed by atoms with E-state index in [0.29, 0.717) is 33.9 Å². The second-order valence-electron chi connectivity index (χ2n) is 9.14. The Balaban J connectivity index is 1.46. The maximum Gasteiger partial charge on any atom is 0.242 e. The van der Waals surface area contributed by atoms with Gasteiger partial charge in [0.1, 0.15) is 22.2 Å². The summed E-state index contributed by atoms with van der Waals surface area (Å²) < 4.78 is 6.32. The predicted octanol–water partition coefficient (Wildman–Crippen LogP) is 6.25. The molecular weight excluding hydrogens is 500 g/mol. The van der Waals surface area contributed by atoms with E-state index in [9.17, 15) is 9.59 Å². The molecule has 0 bridgehead atoms. The third-order valence-electron chi connectivity index (χ3n) is 6.78. The summed E-state index contributed by atoms with van der Waals surface area (Å²) in [5, 5.41) is 6.75. The minimum atomic E-state index is -1.07. The third-order valence-corrected chi connectivity index (χ3v) is 9.22. The fraction of sp³-hybridized carbons (Fsp3) is 0.370. The van der Waals surface area contributed by atoms with Crippen molar-refractivity contribution in [1.82, 2.24) is 10.3 Å². The van der Waals surface area contributed by atoms with Gasteiger partial charge in [-0.25, -0.2) is 0 Å². The van der Waals surface area contributed by atoms with Gasteiger partial charge in [-0.05, 0) is 65.4 Å². The van der Waals surface area contributed by atoms with Crippen LogP contribution in [0.2, 0.25) is 5.02 Å². The number of hydrogen-bond acceptors (Lipinski definition) is 6. The molecule has 3 aromatic rings. The molecule has 3 heterocycles. The van der Waals surface area contributed by atoms with Gasteiger partial charge < -0.3 is 10.1 Å². The van der Waals surface area contributed by atoms with Crippen LogP contribution in [0.1, 0.15) is 49.8 Å². The van der Waals surface area contributed by atoms with Gasteiger partial charge in [-0.3, -0.25) is 14.6 Å². The van der Waals surface area contributed by atoms with Gasteiger partial charge in [0.05, 0.1) is 11.6 Å². The average molecular weight is 527 g/mol. The molecule has 182 valence electrons. The van der Waals surface area contributed by atoms with Crippen LogP contribution in [-0.4, -0.2) is 28.5 Å². The number of nitrogens with zero attached hydrogens (tertiary/aromatic N) is 1. The molecule has 1 N–H and O–H groups in total. The molecule has 1 saturated carbocycles. The lowest BCUT2D eigenvalue weighted by Gasteiger charge is -2.39. The van der Waals surface area contributed by atoms with Gasteiger partial charge >= 0.3 is 0 Å². The molecule has 35 heavy (non-hydrogen) atoms. The number of ketones is 1. The molecule has 2 atom stereocenters. The van der Waals surface area contributed by atoms with Crippen LogP contribution in [0.3, 0.4) is 0 Å². The van der Waals surface area contributed by atoms with Gasteiger partial charge in [0, 0.05) is 17.5 Å². The number of amides is 1.